The Morgan fingerprint density at radius 3 is 2.27 bits per heavy atom. The maximum absolute atomic E-state index is 15.3. The van der Waals surface area contributed by atoms with E-state index < -0.39 is 79.4 Å². The molecule has 2 aromatic carbocycles. The minimum absolute atomic E-state index is 0.0248. The maximum Gasteiger partial charge on any atom is 0.410 e. The van der Waals surface area contributed by atoms with Crippen LogP contribution in [0.5, 0.6) is 0 Å². The topological polar surface area (TPSA) is 132 Å². The van der Waals surface area contributed by atoms with Gasteiger partial charge in [0.05, 0.1) is 24.4 Å². The summed E-state index contributed by atoms with van der Waals surface area (Å²) >= 11 is 0. The van der Waals surface area contributed by atoms with Crippen molar-refractivity contribution in [2.45, 2.75) is 98.4 Å². The Bertz CT molecular complexity index is 1850. The van der Waals surface area contributed by atoms with E-state index in [0.29, 0.717) is 5.82 Å². The zero-order valence-corrected chi connectivity index (χ0v) is 35.3. The van der Waals surface area contributed by atoms with Crippen molar-refractivity contribution in [3.63, 3.8) is 0 Å². The van der Waals surface area contributed by atoms with E-state index in [1.54, 1.807) is 31.9 Å². The van der Waals surface area contributed by atoms with E-state index in [-0.39, 0.29) is 44.0 Å². The Kier molecular flexibility index (Phi) is 14.1. The number of esters is 1. The lowest BCUT2D eigenvalue weighted by atomic mass is 9.84. The summed E-state index contributed by atoms with van der Waals surface area (Å²) in [5.74, 6) is -2.70. The van der Waals surface area contributed by atoms with E-state index in [4.69, 9.17) is 19.2 Å². The summed E-state index contributed by atoms with van der Waals surface area (Å²) in [6.45, 7) is 18.9. The molecule has 56 heavy (non-hydrogen) atoms. The molecule has 3 amide bonds. The molecule has 1 saturated heterocycles. The number of likely N-dealkylation sites (tertiary alicyclic amines) is 1. The number of rotatable bonds is 13. The largest absolute Gasteiger partial charge is 0.456 e. The van der Waals surface area contributed by atoms with Gasteiger partial charge in [-0.25, -0.2) is 23.4 Å². The highest BCUT2D eigenvalue weighted by Crippen LogP contribution is 2.40. The third-order valence-corrected chi connectivity index (χ3v) is 10.9. The second kappa shape index (κ2) is 18.0. The van der Waals surface area contributed by atoms with Crippen LogP contribution in [0, 0.1) is 23.0 Å². The molecule has 306 valence electrons. The molecule has 15 heteroatoms. The number of hydrogen-bond donors (Lipinski definition) is 1. The number of halogens is 2. The first-order valence-electron chi connectivity index (χ1n) is 18.9. The van der Waals surface area contributed by atoms with Gasteiger partial charge in [-0.05, 0) is 56.0 Å². The molecule has 1 aromatic heterocycles. The Morgan fingerprint density at radius 1 is 0.982 bits per heavy atom. The number of carbonyl (C=O) groups excluding carboxylic acids is 4. The van der Waals surface area contributed by atoms with Crippen molar-refractivity contribution in [2.75, 3.05) is 32.8 Å². The number of nitrogens with one attached hydrogen (secondary N) is 1. The van der Waals surface area contributed by atoms with Crippen molar-refractivity contribution >= 4 is 32.1 Å². The van der Waals surface area contributed by atoms with Crippen LogP contribution in [0.15, 0.2) is 54.7 Å². The number of imidazole rings is 1. The van der Waals surface area contributed by atoms with E-state index >= 15 is 4.39 Å². The highest BCUT2D eigenvalue weighted by molar-refractivity contribution is 6.76. The van der Waals surface area contributed by atoms with E-state index in [0.717, 1.165) is 29.8 Å². The Labute approximate surface area is 329 Å². The van der Waals surface area contributed by atoms with Crippen molar-refractivity contribution in [1.29, 1.82) is 0 Å². The minimum Gasteiger partial charge on any atom is -0.456 e. The predicted octanol–water partition coefficient (Wildman–Crippen LogP) is 7.66. The van der Waals surface area contributed by atoms with Gasteiger partial charge in [0.25, 0.3) is 5.91 Å². The minimum atomic E-state index is -1.50. The van der Waals surface area contributed by atoms with Crippen molar-refractivity contribution in [3.05, 3.63) is 77.8 Å². The van der Waals surface area contributed by atoms with Crippen LogP contribution in [-0.4, -0.2) is 96.0 Å². The monoisotopic (exact) mass is 797 g/mol. The first-order valence-corrected chi connectivity index (χ1v) is 22.6. The van der Waals surface area contributed by atoms with Crippen molar-refractivity contribution in [2.24, 2.45) is 11.3 Å². The molecular weight excluding hydrogens is 741 g/mol. The fourth-order valence-electron chi connectivity index (χ4n) is 6.56. The first kappa shape index (κ1) is 43.9. The van der Waals surface area contributed by atoms with Gasteiger partial charge < -0.3 is 33.9 Å². The second-order valence-corrected chi connectivity index (χ2v) is 23.3. The summed E-state index contributed by atoms with van der Waals surface area (Å²) in [5, 5.41) is 2.94. The zero-order valence-electron chi connectivity index (χ0n) is 34.3. The highest BCUT2D eigenvalue weighted by atomic mass is 28.3. The molecular formula is C41H57F2N5O7Si. The average Bonchev–Trinajstić information content (AvgIpc) is 3.66. The van der Waals surface area contributed by atoms with Gasteiger partial charge in [-0.2, -0.15) is 0 Å². The Hall–Kier alpha value is -4.79. The Balaban J connectivity index is 1.82. The lowest BCUT2D eigenvalue weighted by Crippen LogP contribution is -2.50. The lowest BCUT2D eigenvalue weighted by molar-refractivity contribution is -0.153. The van der Waals surface area contributed by atoms with Crippen molar-refractivity contribution in [3.8, 4) is 11.3 Å². The summed E-state index contributed by atoms with van der Waals surface area (Å²) in [6.07, 6.45) is 0.410. The molecule has 2 unspecified atom stereocenters. The van der Waals surface area contributed by atoms with Crippen LogP contribution in [0.25, 0.3) is 11.3 Å². The van der Waals surface area contributed by atoms with Crippen LogP contribution in [0.4, 0.5) is 18.4 Å². The lowest BCUT2D eigenvalue weighted by Gasteiger charge is -2.41. The van der Waals surface area contributed by atoms with E-state index in [1.165, 1.54) is 11.8 Å². The molecule has 0 spiro atoms. The number of carbonyl (C=O) groups is 4. The molecule has 1 N–H and O–H groups in total. The molecule has 0 saturated carbocycles. The molecule has 4 rings (SSSR count). The fourth-order valence-corrected chi connectivity index (χ4v) is 7.28. The molecule has 1 aliphatic heterocycles. The number of ether oxygens (including phenoxy) is 3. The van der Waals surface area contributed by atoms with Gasteiger partial charge in [0, 0.05) is 58.9 Å². The van der Waals surface area contributed by atoms with Gasteiger partial charge in [-0.1, -0.05) is 70.7 Å². The molecule has 3 aromatic rings. The normalized spacial score (nSPS) is 16.6. The Morgan fingerprint density at radius 2 is 1.66 bits per heavy atom. The fraction of sp³-hybridized carbons (Fsp3) is 0.537. The van der Waals surface area contributed by atoms with Gasteiger partial charge in [-0.15, -0.1) is 0 Å². The number of hydrogen-bond acceptors (Lipinski definition) is 8. The molecule has 1 fully saturated rings. The summed E-state index contributed by atoms with van der Waals surface area (Å²) in [4.78, 5) is 60.9. The smallest absolute Gasteiger partial charge is 0.410 e. The van der Waals surface area contributed by atoms with Crippen LogP contribution in [0.2, 0.25) is 25.7 Å². The zero-order chi connectivity index (χ0) is 41.6. The first-order chi connectivity index (χ1) is 26.0. The number of aromatic nitrogens is 2. The van der Waals surface area contributed by atoms with Crippen molar-refractivity contribution in [1.82, 2.24) is 24.7 Å². The summed E-state index contributed by atoms with van der Waals surface area (Å²) in [7, 11) is -1.50. The number of benzene rings is 2. The number of alkyl carbamates (subject to hydrolysis) is 1. The molecule has 3 atom stereocenters. The third kappa shape index (κ3) is 12.6. The van der Waals surface area contributed by atoms with Gasteiger partial charge in [-0.3, -0.25) is 9.59 Å². The second-order valence-electron chi connectivity index (χ2n) is 17.7. The van der Waals surface area contributed by atoms with Crippen LogP contribution < -0.4 is 5.32 Å². The molecule has 0 aliphatic carbocycles. The molecule has 0 bridgehead atoms. The molecule has 2 heterocycles. The van der Waals surface area contributed by atoms with Crippen LogP contribution in [0.3, 0.4) is 0 Å². The van der Waals surface area contributed by atoms with Gasteiger partial charge >= 0.3 is 18.2 Å². The van der Waals surface area contributed by atoms with Gasteiger partial charge in [0.1, 0.15) is 23.1 Å². The van der Waals surface area contributed by atoms with Crippen LogP contribution in [0.1, 0.15) is 65.9 Å². The molecule has 0 radical (unpaired) electrons. The van der Waals surface area contributed by atoms with Crippen LogP contribution in [-0.2, 0) is 30.3 Å². The van der Waals surface area contributed by atoms with Crippen molar-refractivity contribution < 1.29 is 42.2 Å². The summed E-state index contributed by atoms with van der Waals surface area (Å²) < 4.78 is 48.1. The van der Waals surface area contributed by atoms with E-state index in [2.05, 4.69) is 25.0 Å². The third-order valence-electron chi connectivity index (χ3n) is 9.22. The summed E-state index contributed by atoms with van der Waals surface area (Å²) in [6, 6.07) is 11.9. The number of nitrogens with zero attached hydrogens (tertiary/aromatic N) is 4. The highest BCUT2D eigenvalue weighted by Gasteiger charge is 2.44. The standard InChI is InChI=1S/C41H57F2N5O7Si/c1-27(49)54-26-35(50)48(23-29-22-47(39(52)55-41(5,6)7)24-33(29)45-38(51)53-18-19-56(8,9)10)36(40(2,3)4)37-44-34(31-20-30(42)16-17-32(31)43)25-46(37)21-28-14-12-11-13-15-28/h11-17,20,25,29,33,36H,18-19,21-24,26H2,1-10H3,(H,45,51)/t29?,33?,36-/m0/s1. The number of amides is 3. The molecule has 12 nitrogen and oxygen atoms in total. The predicted molar refractivity (Wildman–Crippen MR) is 211 cm³/mol. The summed E-state index contributed by atoms with van der Waals surface area (Å²) in [5.41, 5.74) is -0.544. The SMILES string of the molecule is CC(=O)OCC(=O)N(CC1CN(C(=O)OC(C)(C)C)CC1NC(=O)OCC[Si](C)(C)C)[C@@H](c1nc(-c2cc(F)ccc2F)cn1Cc1ccccc1)C(C)(C)C. The van der Waals surface area contributed by atoms with Crippen LogP contribution >= 0.6 is 0 Å². The maximum atomic E-state index is 15.3. The van der Waals surface area contributed by atoms with E-state index in [1.807, 2.05) is 55.7 Å². The average molecular weight is 798 g/mol. The van der Waals surface area contributed by atoms with Gasteiger partial charge in [0.15, 0.2) is 6.61 Å². The molecule has 1 aliphatic rings. The van der Waals surface area contributed by atoms with Gasteiger partial charge in [0.2, 0.25) is 0 Å². The van der Waals surface area contributed by atoms with E-state index in [9.17, 15) is 23.6 Å². The quantitative estimate of drug-likeness (QED) is 0.106.